The maximum absolute atomic E-state index is 11.5. The number of nitrogens with zero attached hydrogens (tertiary/aromatic N) is 1. The van der Waals surface area contributed by atoms with E-state index in [1.807, 2.05) is 5.01 Å². The van der Waals surface area contributed by atoms with Crippen LogP contribution in [0.4, 0.5) is 0 Å². The van der Waals surface area contributed by atoms with Crippen molar-refractivity contribution < 1.29 is 9.53 Å². The second-order valence-corrected chi connectivity index (χ2v) is 3.48. The Morgan fingerprint density at radius 1 is 1.50 bits per heavy atom. The molecule has 1 rings (SSSR count). The number of ether oxygens (including phenoxy) is 1. The Morgan fingerprint density at radius 3 is 2.64 bits per heavy atom. The van der Waals surface area contributed by atoms with Crippen LogP contribution < -0.4 is 11.2 Å². The van der Waals surface area contributed by atoms with Crippen molar-refractivity contribution in [3.63, 3.8) is 0 Å². The second-order valence-electron chi connectivity index (χ2n) is 3.48. The fourth-order valence-electron chi connectivity index (χ4n) is 1.54. The number of carbonyl (C=O) groups is 1. The topological polar surface area (TPSA) is 67.6 Å². The summed E-state index contributed by atoms with van der Waals surface area (Å²) in [4.78, 5) is 11.5. The molecule has 0 saturated carbocycles. The van der Waals surface area contributed by atoms with Crippen LogP contribution >= 0.6 is 0 Å². The van der Waals surface area contributed by atoms with E-state index in [4.69, 9.17) is 10.5 Å². The lowest BCUT2D eigenvalue weighted by Crippen LogP contribution is -2.50. The predicted molar refractivity (Wildman–Crippen MR) is 53.4 cm³/mol. The zero-order valence-corrected chi connectivity index (χ0v) is 8.66. The molecule has 1 amide bonds. The zero-order valence-electron chi connectivity index (χ0n) is 8.66. The fraction of sp³-hybridized carbons (Fsp3) is 0.889. The first-order valence-electron chi connectivity index (χ1n) is 5.06. The minimum atomic E-state index is -0.531. The number of methoxy groups -OCH3 is 1. The molecule has 1 aliphatic rings. The van der Waals surface area contributed by atoms with Crippen molar-refractivity contribution in [1.29, 1.82) is 0 Å². The third-order valence-electron chi connectivity index (χ3n) is 2.42. The Kier molecular flexibility index (Phi) is 4.86. The van der Waals surface area contributed by atoms with Crippen LogP contribution in [-0.2, 0) is 9.53 Å². The molecule has 5 nitrogen and oxygen atoms in total. The summed E-state index contributed by atoms with van der Waals surface area (Å²) < 4.78 is 4.94. The number of nitrogens with two attached hydrogens (primary N) is 1. The number of carbonyl (C=O) groups excluding carboxylic acids is 1. The lowest BCUT2D eigenvalue weighted by atomic mass is 10.2. The summed E-state index contributed by atoms with van der Waals surface area (Å²) in [6.07, 6.45) is 3.00. The summed E-state index contributed by atoms with van der Waals surface area (Å²) in [7, 11) is 1.49. The van der Waals surface area contributed by atoms with Gasteiger partial charge in [-0.25, -0.2) is 5.01 Å². The van der Waals surface area contributed by atoms with E-state index >= 15 is 0 Å². The largest absolute Gasteiger partial charge is 0.370 e. The van der Waals surface area contributed by atoms with Crippen molar-refractivity contribution in [2.75, 3.05) is 26.7 Å². The average molecular weight is 201 g/mol. The van der Waals surface area contributed by atoms with E-state index in [0.29, 0.717) is 0 Å². The van der Waals surface area contributed by atoms with Gasteiger partial charge in [0.15, 0.2) is 0 Å². The van der Waals surface area contributed by atoms with Crippen molar-refractivity contribution in [1.82, 2.24) is 10.4 Å². The first kappa shape index (κ1) is 11.4. The molecule has 0 radical (unpaired) electrons. The third-order valence-corrected chi connectivity index (χ3v) is 2.42. The van der Waals surface area contributed by atoms with Crippen molar-refractivity contribution in [2.24, 2.45) is 5.73 Å². The highest BCUT2D eigenvalue weighted by atomic mass is 16.5. The normalized spacial score (nSPS) is 20.4. The van der Waals surface area contributed by atoms with Crippen molar-refractivity contribution >= 4 is 5.91 Å². The Hall–Kier alpha value is -0.650. The Labute approximate surface area is 84.5 Å². The molecule has 5 heteroatoms. The van der Waals surface area contributed by atoms with Crippen molar-refractivity contribution in [2.45, 2.75) is 25.4 Å². The van der Waals surface area contributed by atoms with E-state index in [2.05, 4.69) is 5.43 Å². The van der Waals surface area contributed by atoms with Gasteiger partial charge in [0, 0.05) is 26.7 Å². The Balaban J connectivity index is 2.30. The highest BCUT2D eigenvalue weighted by molar-refractivity contribution is 5.80. The number of nitrogens with one attached hydrogen (secondary N) is 1. The molecule has 82 valence electrons. The number of piperidine rings is 1. The monoisotopic (exact) mass is 201 g/mol. The number of amides is 1. The molecule has 1 aliphatic heterocycles. The maximum atomic E-state index is 11.5. The van der Waals surface area contributed by atoms with Crippen LogP contribution in [0.15, 0.2) is 0 Å². The van der Waals surface area contributed by atoms with Gasteiger partial charge in [-0.1, -0.05) is 6.42 Å². The van der Waals surface area contributed by atoms with Crippen LogP contribution in [0.5, 0.6) is 0 Å². The Bertz CT molecular complexity index is 177. The number of hydrogen-bond acceptors (Lipinski definition) is 4. The molecular formula is C9H19N3O2. The van der Waals surface area contributed by atoms with Crippen LogP contribution in [0.1, 0.15) is 19.3 Å². The molecule has 1 saturated heterocycles. The molecule has 14 heavy (non-hydrogen) atoms. The summed E-state index contributed by atoms with van der Waals surface area (Å²) in [6.45, 7) is 2.07. The smallest absolute Gasteiger partial charge is 0.264 e. The molecule has 1 fully saturated rings. The minimum absolute atomic E-state index is 0.142. The predicted octanol–water partition coefficient (Wildman–Crippen LogP) is -0.523. The first-order chi connectivity index (χ1) is 6.77. The first-order valence-corrected chi connectivity index (χ1v) is 5.06. The van der Waals surface area contributed by atoms with Crippen molar-refractivity contribution in [3.8, 4) is 0 Å². The number of rotatable bonds is 4. The van der Waals surface area contributed by atoms with E-state index in [1.165, 1.54) is 13.5 Å². The summed E-state index contributed by atoms with van der Waals surface area (Å²) in [5, 5.41) is 1.94. The highest BCUT2D eigenvalue weighted by Gasteiger charge is 2.19. The molecule has 0 aromatic rings. The molecule has 0 aromatic carbocycles. The molecule has 0 bridgehead atoms. The van der Waals surface area contributed by atoms with Gasteiger partial charge >= 0.3 is 0 Å². The van der Waals surface area contributed by atoms with Gasteiger partial charge in [0.25, 0.3) is 5.91 Å². The summed E-state index contributed by atoms with van der Waals surface area (Å²) in [5.74, 6) is -0.142. The standard InChI is InChI=1S/C9H19N3O2/c1-14-8(7-10)9(13)11-12-5-3-2-4-6-12/h8H,2-7,10H2,1H3,(H,11,13). The van der Waals surface area contributed by atoms with E-state index in [1.54, 1.807) is 0 Å². The molecule has 1 unspecified atom stereocenters. The van der Waals surface area contributed by atoms with Gasteiger partial charge in [0.05, 0.1) is 0 Å². The van der Waals surface area contributed by atoms with Gasteiger partial charge in [0.2, 0.25) is 0 Å². The van der Waals surface area contributed by atoms with Gasteiger partial charge < -0.3 is 10.5 Å². The molecule has 0 spiro atoms. The van der Waals surface area contributed by atoms with E-state index < -0.39 is 6.10 Å². The number of hydrazine groups is 1. The fourth-order valence-corrected chi connectivity index (χ4v) is 1.54. The van der Waals surface area contributed by atoms with E-state index in [9.17, 15) is 4.79 Å². The van der Waals surface area contributed by atoms with Gasteiger partial charge in [-0.05, 0) is 12.8 Å². The van der Waals surface area contributed by atoms with Crippen LogP contribution in [0.3, 0.4) is 0 Å². The quantitative estimate of drug-likeness (QED) is 0.642. The number of hydrogen-bond donors (Lipinski definition) is 2. The molecule has 3 N–H and O–H groups in total. The minimum Gasteiger partial charge on any atom is -0.370 e. The SMILES string of the molecule is COC(CN)C(=O)NN1CCCCC1. The second kappa shape index (κ2) is 5.95. The molecule has 0 aromatic heterocycles. The summed E-state index contributed by atoms with van der Waals surface area (Å²) in [5.41, 5.74) is 8.20. The van der Waals surface area contributed by atoms with E-state index in [0.717, 1.165) is 25.9 Å². The zero-order chi connectivity index (χ0) is 10.4. The van der Waals surface area contributed by atoms with E-state index in [-0.39, 0.29) is 12.5 Å². The van der Waals surface area contributed by atoms with Gasteiger partial charge in [0.1, 0.15) is 6.10 Å². The molecular weight excluding hydrogens is 182 g/mol. The molecule has 0 aliphatic carbocycles. The Morgan fingerprint density at radius 2 is 2.14 bits per heavy atom. The van der Waals surface area contributed by atoms with Crippen LogP contribution in [0, 0.1) is 0 Å². The van der Waals surface area contributed by atoms with Crippen LogP contribution in [0.2, 0.25) is 0 Å². The molecule has 1 heterocycles. The summed E-state index contributed by atoms with van der Waals surface area (Å²) in [6, 6.07) is 0. The van der Waals surface area contributed by atoms with Gasteiger partial charge in [-0.15, -0.1) is 0 Å². The summed E-state index contributed by atoms with van der Waals surface area (Å²) >= 11 is 0. The maximum Gasteiger partial charge on any atom is 0.264 e. The third kappa shape index (κ3) is 3.25. The van der Waals surface area contributed by atoms with Gasteiger partial charge in [-0.2, -0.15) is 0 Å². The van der Waals surface area contributed by atoms with Crippen molar-refractivity contribution in [3.05, 3.63) is 0 Å². The molecule has 1 atom stereocenters. The lowest BCUT2D eigenvalue weighted by Gasteiger charge is -2.28. The average Bonchev–Trinajstić information content (AvgIpc) is 2.21. The van der Waals surface area contributed by atoms with Crippen LogP contribution in [-0.4, -0.2) is 43.8 Å². The van der Waals surface area contributed by atoms with Gasteiger partial charge in [-0.3, -0.25) is 10.2 Å². The van der Waals surface area contributed by atoms with Crippen LogP contribution in [0.25, 0.3) is 0 Å². The lowest BCUT2D eigenvalue weighted by molar-refractivity contribution is -0.136. The highest BCUT2D eigenvalue weighted by Crippen LogP contribution is 2.05.